The molecule has 282 valence electrons. The van der Waals surface area contributed by atoms with E-state index in [0.717, 1.165) is 33.4 Å². The summed E-state index contributed by atoms with van der Waals surface area (Å²) in [5.74, 6) is 1.60. The van der Waals surface area contributed by atoms with E-state index in [1.54, 1.807) is 48.8 Å². The number of aromatic nitrogens is 2. The Balaban J connectivity index is 1.16. The van der Waals surface area contributed by atoms with Gasteiger partial charge in [0.05, 0.1) is 34.4 Å². The molecule has 6 rings (SSSR count). The molecule has 0 radical (unpaired) electrons. The molecule has 0 amide bonds. The maximum Gasteiger partial charge on any atom is 0.142 e. The van der Waals surface area contributed by atoms with Crippen molar-refractivity contribution in [2.75, 3.05) is 0 Å². The van der Waals surface area contributed by atoms with E-state index >= 15 is 0 Å². The van der Waals surface area contributed by atoms with Crippen molar-refractivity contribution in [2.45, 2.75) is 53.5 Å². The van der Waals surface area contributed by atoms with Crippen LogP contribution < -0.4 is 18.9 Å². The van der Waals surface area contributed by atoms with Crippen LogP contribution in [0.3, 0.4) is 0 Å². The van der Waals surface area contributed by atoms with Gasteiger partial charge in [0.2, 0.25) is 0 Å². The third-order valence-corrected chi connectivity index (χ3v) is 9.75. The minimum atomic E-state index is -0.284. The second kappa shape index (κ2) is 18.5. The first-order valence-electron chi connectivity index (χ1n) is 17.4. The number of ether oxygens (including phenoxy) is 4. The Morgan fingerprint density at radius 3 is 1.34 bits per heavy atom. The fraction of sp³-hybridized carbons (Fsp3) is 0.182. The second-order valence-electron chi connectivity index (χ2n) is 12.8. The number of rotatable bonds is 15. The molecule has 0 aliphatic rings. The van der Waals surface area contributed by atoms with Crippen molar-refractivity contribution >= 4 is 23.2 Å². The highest BCUT2D eigenvalue weighted by molar-refractivity contribution is 6.32. The number of nitrogens with zero attached hydrogens (tertiary/aromatic N) is 4. The highest BCUT2D eigenvalue weighted by atomic mass is 35.5. The fourth-order valence-corrected chi connectivity index (χ4v) is 6.52. The summed E-state index contributed by atoms with van der Waals surface area (Å²) in [4.78, 5) is 8.15. The molecule has 4 aromatic carbocycles. The summed E-state index contributed by atoms with van der Waals surface area (Å²) < 4.78 is 24.5. The Morgan fingerprint density at radius 2 is 0.946 bits per heavy atom. The van der Waals surface area contributed by atoms with Gasteiger partial charge in [0, 0.05) is 59.2 Å². The lowest BCUT2D eigenvalue weighted by molar-refractivity contribution is 0.255. The third-order valence-electron chi connectivity index (χ3n) is 9.16. The van der Waals surface area contributed by atoms with Crippen LogP contribution in [0.4, 0.5) is 0 Å². The average Bonchev–Trinajstić information content (AvgIpc) is 3.22. The lowest BCUT2D eigenvalue weighted by Crippen LogP contribution is -2.04. The van der Waals surface area contributed by atoms with Crippen molar-refractivity contribution in [2.24, 2.45) is 0 Å². The highest BCUT2D eigenvalue weighted by Gasteiger charge is 2.16. The van der Waals surface area contributed by atoms with Crippen molar-refractivity contribution < 1.29 is 29.2 Å². The molecule has 0 unspecified atom stereocenters. The highest BCUT2D eigenvalue weighted by Crippen LogP contribution is 2.37. The monoisotopic (exact) mass is 786 g/mol. The number of pyridine rings is 2. The summed E-state index contributed by atoms with van der Waals surface area (Å²) in [6.45, 7) is 4.24. The predicted molar refractivity (Wildman–Crippen MR) is 211 cm³/mol. The largest absolute Gasteiger partial charge is 0.488 e. The van der Waals surface area contributed by atoms with Crippen LogP contribution in [0.5, 0.6) is 23.0 Å². The van der Waals surface area contributed by atoms with Gasteiger partial charge in [-0.2, -0.15) is 10.5 Å². The molecule has 2 N–H and O–H groups in total. The van der Waals surface area contributed by atoms with Crippen LogP contribution in [0.1, 0.15) is 55.6 Å². The molecule has 10 nitrogen and oxygen atoms in total. The van der Waals surface area contributed by atoms with Gasteiger partial charge in [-0.3, -0.25) is 9.97 Å². The van der Waals surface area contributed by atoms with E-state index in [1.807, 2.05) is 38.1 Å². The molecular formula is C44H36Cl2N4O6. The number of nitriles is 2. The van der Waals surface area contributed by atoms with Gasteiger partial charge in [-0.1, -0.05) is 59.6 Å². The van der Waals surface area contributed by atoms with Crippen LogP contribution in [-0.4, -0.2) is 20.2 Å². The van der Waals surface area contributed by atoms with Crippen LogP contribution in [0.25, 0.3) is 11.1 Å². The van der Waals surface area contributed by atoms with Crippen molar-refractivity contribution in [3.05, 3.63) is 163 Å². The second-order valence-corrected chi connectivity index (χ2v) is 13.6. The molecule has 0 saturated heterocycles. The summed E-state index contributed by atoms with van der Waals surface area (Å²) in [6.07, 6.45) is 6.19. The first kappa shape index (κ1) is 39.6. The van der Waals surface area contributed by atoms with Crippen molar-refractivity contribution in [1.29, 1.82) is 10.5 Å². The van der Waals surface area contributed by atoms with E-state index in [4.69, 9.17) is 42.1 Å². The van der Waals surface area contributed by atoms with E-state index in [2.05, 4.69) is 34.2 Å². The molecule has 0 saturated carbocycles. The van der Waals surface area contributed by atoms with E-state index in [9.17, 15) is 20.7 Å². The van der Waals surface area contributed by atoms with Crippen molar-refractivity contribution in [3.63, 3.8) is 0 Å². The number of aliphatic hydroxyl groups excluding tert-OH is 2. The zero-order valence-electron chi connectivity index (χ0n) is 30.6. The molecule has 56 heavy (non-hydrogen) atoms. The van der Waals surface area contributed by atoms with Gasteiger partial charge in [-0.25, -0.2) is 0 Å². The minimum absolute atomic E-state index is 0.137. The fourth-order valence-electron chi connectivity index (χ4n) is 6.04. The molecule has 2 aromatic heterocycles. The van der Waals surface area contributed by atoms with E-state index in [0.29, 0.717) is 66.4 Å². The summed E-state index contributed by atoms with van der Waals surface area (Å²) >= 11 is 13.2. The third kappa shape index (κ3) is 9.38. The number of benzene rings is 4. The smallest absolute Gasteiger partial charge is 0.142 e. The van der Waals surface area contributed by atoms with Gasteiger partial charge in [-0.05, 0) is 71.5 Å². The van der Waals surface area contributed by atoms with Gasteiger partial charge < -0.3 is 29.2 Å². The van der Waals surface area contributed by atoms with Gasteiger partial charge in [0.15, 0.2) is 0 Å². The Hall–Kier alpha value is -6.14. The molecule has 0 aliphatic heterocycles. The topological polar surface area (TPSA) is 151 Å². The Labute approximate surface area is 334 Å². The zero-order valence-corrected chi connectivity index (χ0v) is 32.1. The maximum atomic E-state index is 9.97. The summed E-state index contributed by atoms with van der Waals surface area (Å²) in [5, 5.41) is 39.0. The van der Waals surface area contributed by atoms with Gasteiger partial charge in [-0.15, -0.1) is 0 Å². The lowest BCUT2D eigenvalue weighted by atomic mass is 9.92. The Morgan fingerprint density at radius 1 is 0.536 bits per heavy atom. The normalized spacial score (nSPS) is 10.7. The maximum absolute atomic E-state index is 9.97. The molecule has 0 spiro atoms. The SMILES string of the molecule is Cc1c(COc2cc(OCc3cncc(C#N)c3)c(CO)cc2Cl)cccc1-c1cccc(COc2cc(OCc3cncc(C#N)c3)c(CO)cc2Cl)c1C. The molecular weight excluding hydrogens is 751 g/mol. The molecule has 0 bridgehead atoms. The van der Waals surface area contributed by atoms with Crippen LogP contribution in [-0.2, 0) is 39.6 Å². The summed E-state index contributed by atoms with van der Waals surface area (Å²) in [7, 11) is 0. The molecule has 0 atom stereocenters. The van der Waals surface area contributed by atoms with Gasteiger partial charge >= 0.3 is 0 Å². The predicted octanol–water partition coefficient (Wildman–Crippen LogP) is 9.11. The van der Waals surface area contributed by atoms with Crippen LogP contribution in [0, 0.1) is 36.5 Å². The lowest BCUT2D eigenvalue weighted by Gasteiger charge is -2.18. The van der Waals surface area contributed by atoms with Gasteiger partial charge in [0.1, 0.15) is 61.6 Å². The summed E-state index contributed by atoms with van der Waals surface area (Å²) in [5.41, 5.74) is 9.27. The summed E-state index contributed by atoms with van der Waals surface area (Å²) in [6, 6.07) is 26.2. The Bertz CT molecular complexity index is 2290. The van der Waals surface area contributed by atoms with E-state index in [-0.39, 0.29) is 39.6 Å². The van der Waals surface area contributed by atoms with Crippen molar-refractivity contribution in [1.82, 2.24) is 9.97 Å². The van der Waals surface area contributed by atoms with Crippen LogP contribution >= 0.6 is 23.2 Å². The number of aliphatic hydroxyl groups is 2. The number of hydrogen-bond acceptors (Lipinski definition) is 10. The first-order valence-corrected chi connectivity index (χ1v) is 18.2. The van der Waals surface area contributed by atoms with E-state index in [1.165, 1.54) is 12.4 Å². The molecule has 12 heteroatoms. The van der Waals surface area contributed by atoms with E-state index < -0.39 is 0 Å². The van der Waals surface area contributed by atoms with Crippen LogP contribution in [0.15, 0.2) is 97.6 Å². The standard InChI is InChI=1S/C44H36Cl2N4O6/c1-27-33(25-55-43-13-41(35(21-51)11-39(43)45)53-23-31-9-29(15-47)17-49-19-31)5-3-7-37(27)38-8-4-6-34(28(38)2)26-56-44-14-42(36(22-52)12-40(44)46)54-24-32-10-30(16-48)18-50-20-32/h3-14,17-20,51-52H,21-26H2,1-2H3. The quantitative estimate of drug-likeness (QED) is 0.103. The number of halogens is 2. The minimum Gasteiger partial charge on any atom is -0.488 e. The number of hydrogen-bond donors (Lipinski definition) is 2. The molecule has 2 heterocycles. The van der Waals surface area contributed by atoms with Gasteiger partial charge in [0.25, 0.3) is 0 Å². The van der Waals surface area contributed by atoms with Crippen LogP contribution in [0.2, 0.25) is 10.0 Å². The molecule has 0 fully saturated rings. The molecule has 0 aliphatic carbocycles. The van der Waals surface area contributed by atoms with Crippen molar-refractivity contribution in [3.8, 4) is 46.3 Å². The average molecular weight is 788 g/mol. The zero-order chi connectivity index (χ0) is 39.6. The first-order chi connectivity index (χ1) is 27.2. The Kier molecular flexibility index (Phi) is 13.0. The molecule has 6 aromatic rings.